The summed E-state index contributed by atoms with van der Waals surface area (Å²) in [5.74, 6) is -0.140. The number of hydrogen-bond donors (Lipinski definition) is 1. The molecule has 2 nitrogen and oxygen atoms in total. The summed E-state index contributed by atoms with van der Waals surface area (Å²) in [6, 6.07) is 5.25. The second-order valence-electron chi connectivity index (χ2n) is 4.49. The van der Waals surface area contributed by atoms with Crippen molar-refractivity contribution in [1.82, 2.24) is 10.2 Å². The van der Waals surface area contributed by atoms with Crippen molar-refractivity contribution in [3.8, 4) is 0 Å². The molecule has 4 heteroatoms. The molecule has 2 rings (SSSR count). The van der Waals surface area contributed by atoms with E-state index in [2.05, 4.69) is 16.8 Å². The molecule has 1 N–H and O–H groups in total. The topological polar surface area (TPSA) is 15.3 Å². The van der Waals surface area contributed by atoms with Gasteiger partial charge in [0.2, 0.25) is 0 Å². The predicted octanol–water partition coefficient (Wildman–Crippen LogP) is 2.69. The van der Waals surface area contributed by atoms with Crippen LogP contribution in [0.3, 0.4) is 0 Å². The van der Waals surface area contributed by atoms with E-state index < -0.39 is 0 Å². The van der Waals surface area contributed by atoms with Crippen LogP contribution in [0.1, 0.15) is 17.2 Å². The lowest BCUT2D eigenvalue weighted by Gasteiger charge is -2.33. The third-order valence-electron chi connectivity index (χ3n) is 3.24. The number of nitrogens with zero attached hydrogens (tertiary/aromatic N) is 1. The summed E-state index contributed by atoms with van der Waals surface area (Å²) >= 11 is 0. The molecule has 1 aliphatic rings. The van der Waals surface area contributed by atoms with E-state index in [0.29, 0.717) is 0 Å². The van der Waals surface area contributed by atoms with Crippen molar-refractivity contribution in [2.45, 2.75) is 13.0 Å². The summed E-state index contributed by atoms with van der Waals surface area (Å²) in [7, 11) is 0. The average Bonchev–Trinajstić information content (AvgIpc) is 2.36. The highest BCUT2D eigenvalue weighted by molar-refractivity contribution is 5.85. The Bertz CT molecular complexity index is 403. The number of rotatable bonds is 3. The predicted molar refractivity (Wildman–Crippen MR) is 75.8 cm³/mol. The molecule has 18 heavy (non-hydrogen) atoms. The first-order chi connectivity index (χ1) is 8.22. The maximum atomic E-state index is 13.9. The van der Waals surface area contributed by atoms with Gasteiger partial charge in [0.25, 0.3) is 0 Å². The van der Waals surface area contributed by atoms with Crippen LogP contribution in [0.2, 0.25) is 0 Å². The summed E-state index contributed by atoms with van der Waals surface area (Å²) < 4.78 is 13.9. The SMILES string of the molecule is C=C[C@@H](c1cc(C)ccc1F)N1CCNCC1.Cl. The Hall–Kier alpha value is -0.900. The van der Waals surface area contributed by atoms with Crippen LogP contribution in [0.25, 0.3) is 0 Å². The molecule has 0 aliphatic carbocycles. The van der Waals surface area contributed by atoms with Crippen molar-refractivity contribution in [3.05, 3.63) is 47.8 Å². The number of piperazine rings is 1. The van der Waals surface area contributed by atoms with Gasteiger partial charge in [0.05, 0.1) is 6.04 Å². The monoisotopic (exact) mass is 270 g/mol. The Kier molecular flexibility index (Phi) is 5.79. The van der Waals surface area contributed by atoms with Crippen molar-refractivity contribution in [2.24, 2.45) is 0 Å². The van der Waals surface area contributed by atoms with Gasteiger partial charge in [-0.15, -0.1) is 19.0 Å². The molecular weight excluding hydrogens is 251 g/mol. The molecule has 0 amide bonds. The third kappa shape index (κ3) is 3.31. The van der Waals surface area contributed by atoms with Crippen molar-refractivity contribution in [3.63, 3.8) is 0 Å². The number of halogens is 2. The minimum atomic E-state index is -0.140. The molecule has 0 spiro atoms. The molecule has 0 saturated carbocycles. The number of hydrogen-bond acceptors (Lipinski definition) is 2. The van der Waals surface area contributed by atoms with E-state index in [9.17, 15) is 4.39 Å². The Morgan fingerprint density at radius 2 is 2.06 bits per heavy atom. The molecule has 0 aromatic heterocycles. The first-order valence-corrected chi connectivity index (χ1v) is 6.06. The van der Waals surface area contributed by atoms with Gasteiger partial charge in [-0.1, -0.05) is 23.8 Å². The Labute approximate surface area is 114 Å². The fourth-order valence-electron chi connectivity index (χ4n) is 2.32. The summed E-state index contributed by atoms with van der Waals surface area (Å²) in [5.41, 5.74) is 1.82. The highest BCUT2D eigenvalue weighted by Gasteiger charge is 2.21. The first-order valence-electron chi connectivity index (χ1n) is 6.06. The second-order valence-corrected chi connectivity index (χ2v) is 4.49. The van der Waals surface area contributed by atoms with Gasteiger partial charge in [0.1, 0.15) is 5.82 Å². The van der Waals surface area contributed by atoms with Gasteiger partial charge in [-0.05, 0) is 13.0 Å². The van der Waals surface area contributed by atoms with E-state index in [-0.39, 0.29) is 24.3 Å². The van der Waals surface area contributed by atoms with Crippen LogP contribution in [-0.2, 0) is 0 Å². The van der Waals surface area contributed by atoms with Crippen LogP contribution in [-0.4, -0.2) is 31.1 Å². The number of nitrogens with one attached hydrogen (secondary N) is 1. The first kappa shape index (κ1) is 15.2. The summed E-state index contributed by atoms with van der Waals surface area (Å²) in [6.45, 7) is 9.62. The Balaban J connectivity index is 0.00000162. The average molecular weight is 271 g/mol. The van der Waals surface area contributed by atoms with Crippen LogP contribution in [0, 0.1) is 12.7 Å². The molecule has 0 bridgehead atoms. The lowest BCUT2D eigenvalue weighted by molar-refractivity contribution is 0.200. The largest absolute Gasteiger partial charge is 0.314 e. The Morgan fingerprint density at radius 1 is 1.39 bits per heavy atom. The summed E-state index contributed by atoms with van der Waals surface area (Å²) in [4.78, 5) is 2.27. The minimum absolute atomic E-state index is 0. The number of aryl methyl sites for hydroxylation is 1. The third-order valence-corrected chi connectivity index (χ3v) is 3.24. The van der Waals surface area contributed by atoms with Crippen LogP contribution in [0.5, 0.6) is 0 Å². The molecule has 0 unspecified atom stereocenters. The quantitative estimate of drug-likeness (QED) is 0.850. The molecule has 1 aromatic rings. The maximum absolute atomic E-state index is 13.9. The van der Waals surface area contributed by atoms with E-state index in [1.165, 1.54) is 0 Å². The molecule has 1 heterocycles. The molecule has 1 fully saturated rings. The zero-order valence-corrected chi connectivity index (χ0v) is 11.5. The molecule has 1 saturated heterocycles. The number of benzene rings is 1. The fourth-order valence-corrected chi connectivity index (χ4v) is 2.32. The Morgan fingerprint density at radius 3 is 2.67 bits per heavy atom. The maximum Gasteiger partial charge on any atom is 0.128 e. The zero-order chi connectivity index (χ0) is 12.3. The molecule has 1 atom stereocenters. The van der Waals surface area contributed by atoms with Gasteiger partial charge < -0.3 is 5.32 Å². The molecule has 1 aromatic carbocycles. The minimum Gasteiger partial charge on any atom is -0.314 e. The standard InChI is InChI=1S/C14H19FN2.ClH/c1-3-14(17-8-6-16-7-9-17)12-10-11(2)4-5-13(12)15;/h3-5,10,14,16H,1,6-9H2,2H3;1H/t14-;/m0./s1. The van der Waals surface area contributed by atoms with Crippen LogP contribution in [0.4, 0.5) is 4.39 Å². The van der Waals surface area contributed by atoms with E-state index in [1.807, 2.05) is 19.1 Å². The van der Waals surface area contributed by atoms with Gasteiger partial charge in [0, 0.05) is 31.7 Å². The van der Waals surface area contributed by atoms with Crippen molar-refractivity contribution in [1.29, 1.82) is 0 Å². The van der Waals surface area contributed by atoms with Gasteiger partial charge in [-0.3, -0.25) is 4.90 Å². The summed E-state index contributed by atoms with van der Waals surface area (Å²) in [5, 5.41) is 3.30. The highest BCUT2D eigenvalue weighted by atomic mass is 35.5. The van der Waals surface area contributed by atoms with E-state index in [4.69, 9.17) is 0 Å². The molecule has 100 valence electrons. The van der Waals surface area contributed by atoms with E-state index >= 15 is 0 Å². The van der Waals surface area contributed by atoms with Gasteiger partial charge >= 0.3 is 0 Å². The van der Waals surface area contributed by atoms with Gasteiger partial charge in [-0.25, -0.2) is 4.39 Å². The molecule has 0 radical (unpaired) electrons. The normalized spacial score (nSPS) is 17.9. The molecule has 1 aliphatic heterocycles. The lowest BCUT2D eigenvalue weighted by atomic mass is 10.0. The van der Waals surface area contributed by atoms with Crippen LogP contribution in [0.15, 0.2) is 30.9 Å². The lowest BCUT2D eigenvalue weighted by Crippen LogP contribution is -2.44. The van der Waals surface area contributed by atoms with Crippen LogP contribution >= 0.6 is 12.4 Å². The van der Waals surface area contributed by atoms with E-state index in [1.54, 1.807) is 12.1 Å². The van der Waals surface area contributed by atoms with Gasteiger partial charge in [0.15, 0.2) is 0 Å². The fraction of sp³-hybridized carbons (Fsp3) is 0.429. The molecular formula is C14H20ClFN2. The second kappa shape index (κ2) is 6.88. The van der Waals surface area contributed by atoms with Crippen molar-refractivity contribution < 1.29 is 4.39 Å². The smallest absolute Gasteiger partial charge is 0.128 e. The zero-order valence-electron chi connectivity index (χ0n) is 10.7. The van der Waals surface area contributed by atoms with Crippen molar-refractivity contribution >= 4 is 12.4 Å². The van der Waals surface area contributed by atoms with Crippen molar-refractivity contribution in [2.75, 3.05) is 26.2 Å². The summed E-state index contributed by atoms with van der Waals surface area (Å²) in [6.07, 6.45) is 1.84. The highest BCUT2D eigenvalue weighted by Crippen LogP contribution is 2.25. The van der Waals surface area contributed by atoms with Gasteiger partial charge in [-0.2, -0.15) is 0 Å². The van der Waals surface area contributed by atoms with E-state index in [0.717, 1.165) is 37.3 Å². The van der Waals surface area contributed by atoms with Crippen LogP contribution < -0.4 is 5.32 Å².